The molecule has 1 aliphatic carbocycles. The molecule has 104 valence electrons. The van der Waals surface area contributed by atoms with Crippen LogP contribution in [0.3, 0.4) is 0 Å². The van der Waals surface area contributed by atoms with Crippen molar-refractivity contribution in [3.63, 3.8) is 0 Å². The topological polar surface area (TPSA) is 55.1 Å². The second kappa shape index (κ2) is 6.10. The number of nitrogens with one attached hydrogen (secondary N) is 1. The Morgan fingerprint density at radius 1 is 1.32 bits per heavy atom. The minimum Gasteiger partial charge on any atom is -0.352 e. The number of carbonyl (C=O) groups excluding carboxylic acids is 1. The van der Waals surface area contributed by atoms with Crippen LogP contribution in [-0.2, 0) is 0 Å². The number of hydrogen-bond acceptors (Lipinski definition) is 2. The first-order valence-electron chi connectivity index (χ1n) is 6.55. The molecule has 5 heteroatoms. The van der Waals surface area contributed by atoms with Crippen LogP contribution in [0, 0.1) is 23.5 Å². The second-order valence-electron chi connectivity index (χ2n) is 5.02. The van der Waals surface area contributed by atoms with Gasteiger partial charge in [0.15, 0.2) is 0 Å². The average molecular weight is 268 g/mol. The van der Waals surface area contributed by atoms with Gasteiger partial charge in [-0.3, -0.25) is 4.79 Å². The van der Waals surface area contributed by atoms with E-state index in [9.17, 15) is 13.6 Å². The zero-order chi connectivity index (χ0) is 13.8. The van der Waals surface area contributed by atoms with E-state index in [0.29, 0.717) is 31.0 Å². The minimum atomic E-state index is -0.834. The van der Waals surface area contributed by atoms with E-state index in [4.69, 9.17) is 5.73 Å². The highest BCUT2D eigenvalue weighted by Gasteiger charge is 2.26. The predicted molar refractivity (Wildman–Crippen MR) is 68.6 cm³/mol. The maximum absolute atomic E-state index is 13.4. The maximum atomic E-state index is 13.4. The third-order valence-corrected chi connectivity index (χ3v) is 3.82. The molecule has 2 unspecified atom stereocenters. The molecule has 3 nitrogen and oxygen atoms in total. The van der Waals surface area contributed by atoms with E-state index in [-0.39, 0.29) is 5.56 Å². The Morgan fingerprint density at radius 2 is 2.05 bits per heavy atom. The first-order chi connectivity index (χ1) is 9.11. The van der Waals surface area contributed by atoms with Gasteiger partial charge < -0.3 is 11.1 Å². The molecule has 0 spiro atoms. The van der Waals surface area contributed by atoms with Crippen molar-refractivity contribution >= 4 is 5.91 Å². The van der Waals surface area contributed by atoms with Gasteiger partial charge in [-0.25, -0.2) is 8.78 Å². The van der Waals surface area contributed by atoms with Crippen molar-refractivity contribution in [3.05, 3.63) is 35.4 Å². The van der Waals surface area contributed by atoms with Crippen LogP contribution in [0.4, 0.5) is 8.78 Å². The van der Waals surface area contributed by atoms with Crippen LogP contribution in [0.25, 0.3) is 0 Å². The molecule has 2 atom stereocenters. The lowest BCUT2D eigenvalue weighted by molar-refractivity contribution is 0.0940. The van der Waals surface area contributed by atoms with E-state index in [2.05, 4.69) is 5.32 Å². The summed E-state index contributed by atoms with van der Waals surface area (Å²) in [6.45, 7) is 1.11. The number of halogens is 2. The minimum absolute atomic E-state index is 0.122. The van der Waals surface area contributed by atoms with E-state index in [1.54, 1.807) is 0 Å². The van der Waals surface area contributed by atoms with Crippen molar-refractivity contribution in [2.45, 2.75) is 19.3 Å². The fourth-order valence-electron chi connectivity index (χ4n) is 2.69. The van der Waals surface area contributed by atoms with Crippen LogP contribution < -0.4 is 11.1 Å². The molecule has 1 aromatic rings. The molecule has 0 heterocycles. The van der Waals surface area contributed by atoms with Gasteiger partial charge in [0, 0.05) is 12.6 Å². The quantitative estimate of drug-likeness (QED) is 0.878. The van der Waals surface area contributed by atoms with Crippen molar-refractivity contribution in [3.8, 4) is 0 Å². The molecule has 1 amide bonds. The number of benzene rings is 1. The lowest BCUT2D eigenvalue weighted by Crippen LogP contribution is -2.33. The van der Waals surface area contributed by atoms with Gasteiger partial charge in [0.1, 0.15) is 11.6 Å². The highest BCUT2D eigenvalue weighted by molar-refractivity contribution is 5.94. The lowest BCUT2D eigenvalue weighted by atomic mass is 9.96. The molecule has 1 aliphatic rings. The fourth-order valence-corrected chi connectivity index (χ4v) is 2.69. The van der Waals surface area contributed by atoms with Crippen molar-refractivity contribution in [1.29, 1.82) is 0 Å². The SMILES string of the molecule is NCC1CCCC1CNC(=O)c1ccc(F)cc1F. The summed E-state index contributed by atoms with van der Waals surface area (Å²) >= 11 is 0. The van der Waals surface area contributed by atoms with E-state index in [0.717, 1.165) is 31.4 Å². The van der Waals surface area contributed by atoms with E-state index >= 15 is 0 Å². The number of nitrogens with two attached hydrogens (primary N) is 1. The Labute approximate surface area is 111 Å². The van der Waals surface area contributed by atoms with Gasteiger partial charge in [0.05, 0.1) is 5.56 Å². The molecule has 2 rings (SSSR count). The highest BCUT2D eigenvalue weighted by atomic mass is 19.1. The Morgan fingerprint density at radius 3 is 2.74 bits per heavy atom. The number of carbonyl (C=O) groups is 1. The summed E-state index contributed by atoms with van der Waals surface area (Å²) < 4.78 is 26.2. The molecule has 1 fully saturated rings. The number of amides is 1. The number of rotatable bonds is 4. The normalized spacial score (nSPS) is 22.5. The van der Waals surface area contributed by atoms with Crippen LogP contribution in [0.5, 0.6) is 0 Å². The summed E-state index contributed by atoms with van der Waals surface area (Å²) in [4.78, 5) is 11.8. The number of hydrogen-bond donors (Lipinski definition) is 2. The molecule has 19 heavy (non-hydrogen) atoms. The summed E-state index contributed by atoms with van der Waals surface area (Å²) in [5.41, 5.74) is 5.55. The van der Waals surface area contributed by atoms with Crippen LogP contribution in [0.1, 0.15) is 29.6 Å². The van der Waals surface area contributed by atoms with E-state index in [1.807, 2.05) is 0 Å². The van der Waals surface area contributed by atoms with Gasteiger partial charge in [-0.2, -0.15) is 0 Å². The monoisotopic (exact) mass is 268 g/mol. The summed E-state index contributed by atoms with van der Waals surface area (Å²) in [5, 5.41) is 2.71. The molecular formula is C14H18F2N2O. The van der Waals surface area contributed by atoms with Gasteiger partial charge in [0.25, 0.3) is 5.91 Å². The summed E-state index contributed by atoms with van der Waals surface area (Å²) in [6, 6.07) is 2.96. The Hall–Kier alpha value is -1.49. The molecule has 1 aromatic carbocycles. The van der Waals surface area contributed by atoms with Gasteiger partial charge in [-0.15, -0.1) is 0 Å². The summed E-state index contributed by atoms with van der Waals surface area (Å²) in [7, 11) is 0. The van der Waals surface area contributed by atoms with Gasteiger partial charge >= 0.3 is 0 Å². The van der Waals surface area contributed by atoms with Crippen molar-refractivity contribution in [2.24, 2.45) is 17.6 Å². The van der Waals surface area contributed by atoms with Gasteiger partial charge in [0.2, 0.25) is 0 Å². The molecule has 0 saturated heterocycles. The zero-order valence-corrected chi connectivity index (χ0v) is 10.7. The Balaban J connectivity index is 1.94. The highest BCUT2D eigenvalue weighted by Crippen LogP contribution is 2.30. The van der Waals surface area contributed by atoms with Crippen molar-refractivity contribution < 1.29 is 13.6 Å². The first-order valence-corrected chi connectivity index (χ1v) is 6.55. The van der Waals surface area contributed by atoms with Gasteiger partial charge in [-0.1, -0.05) is 6.42 Å². The van der Waals surface area contributed by atoms with E-state index < -0.39 is 17.5 Å². The smallest absolute Gasteiger partial charge is 0.254 e. The van der Waals surface area contributed by atoms with Crippen LogP contribution in [0.2, 0.25) is 0 Å². The lowest BCUT2D eigenvalue weighted by Gasteiger charge is -2.18. The zero-order valence-electron chi connectivity index (χ0n) is 10.7. The Bertz CT molecular complexity index is 465. The molecular weight excluding hydrogens is 250 g/mol. The summed E-state index contributed by atoms with van der Waals surface area (Å²) in [5.74, 6) is -1.23. The third-order valence-electron chi connectivity index (χ3n) is 3.82. The van der Waals surface area contributed by atoms with E-state index in [1.165, 1.54) is 0 Å². The fraction of sp³-hybridized carbons (Fsp3) is 0.500. The van der Waals surface area contributed by atoms with Crippen LogP contribution in [0.15, 0.2) is 18.2 Å². The molecule has 0 radical (unpaired) electrons. The molecule has 1 saturated carbocycles. The Kier molecular flexibility index (Phi) is 4.47. The molecule has 0 aromatic heterocycles. The predicted octanol–water partition coefficient (Wildman–Crippen LogP) is 2.07. The van der Waals surface area contributed by atoms with Crippen molar-refractivity contribution in [1.82, 2.24) is 5.32 Å². The molecule has 0 bridgehead atoms. The van der Waals surface area contributed by atoms with Crippen molar-refractivity contribution in [2.75, 3.05) is 13.1 Å². The summed E-state index contributed by atoms with van der Waals surface area (Å²) in [6.07, 6.45) is 3.24. The third kappa shape index (κ3) is 3.29. The average Bonchev–Trinajstić information content (AvgIpc) is 2.83. The van der Waals surface area contributed by atoms with Gasteiger partial charge in [-0.05, 0) is 43.4 Å². The second-order valence-corrected chi connectivity index (χ2v) is 5.02. The van der Waals surface area contributed by atoms with Crippen LogP contribution in [-0.4, -0.2) is 19.0 Å². The maximum Gasteiger partial charge on any atom is 0.254 e. The van der Waals surface area contributed by atoms with Crippen LogP contribution >= 0.6 is 0 Å². The molecule has 3 N–H and O–H groups in total. The largest absolute Gasteiger partial charge is 0.352 e. The standard InChI is InChI=1S/C14H18F2N2O/c15-11-4-5-12(13(16)6-11)14(19)18-8-10-3-1-2-9(10)7-17/h4-6,9-10H,1-3,7-8,17H2,(H,18,19). The molecule has 0 aliphatic heterocycles. The first kappa shape index (κ1) is 13.9.